The zero-order chi connectivity index (χ0) is 13.1. The van der Waals surface area contributed by atoms with Crippen molar-refractivity contribution in [1.82, 2.24) is 0 Å². The molecule has 2 nitrogen and oxygen atoms in total. The zero-order valence-electron chi connectivity index (χ0n) is 12.2. The molecule has 0 heterocycles. The molecule has 0 amide bonds. The van der Waals surface area contributed by atoms with Crippen molar-refractivity contribution in [2.75, 3.05) is 0 Å². The number of hydrogen-bond donors (Lipinski definition) is 0. The minimum Gasteiger partial charge on any atom is -0.462 e. The molecule has 0 unspecified atom stereocenters. The minimum atomic E-state index is 0.0478. The summed E-state index contributed by atoms with van der Waals surface area (Å²) in [6.45, 7) is 6.79. The van der Waals surface area contributed by atoms with Crippen molar-refractivity contribution in [2.45, 2.75) is 71.8 Å². The molecule has 0 aromatic heterocycles. The van der Waals surface area contributed by atoms with Gasteiger partial charge in [-0.1, -0.05) is 40.0 Å². The lowest BCUT2D eigenvalue weighted by molar-refractivity contribution is -0.156. The molecule has 0 aliphatic heterocycles. The number of rotatable bonds is 5. The highest BCUT2D eigenvalue weighted by Gasteiger charge is 2.33. The summed E-state index contributed by atoms with van der Waals surface area (Å²) in [6.07, 6.45) is 8.09. The molecular formula is C16H28O2. The van der Waals surface area contributed by atoms with Crippen LogP contribution >= 0.6 is 0 Å². The molecule has 2 fully saturated rings. The van der Waals surface area contributed by atoms with E-state index in [2.05, 4.69) is 20.8 Å². The van der Waals surface area contributed by atoms with Crippen LogP contribution in [-0.2, 0) is 9.53 Å². The smallest absolute Gasteiger partial charge is 0.306 e. The van der Waals surface area contributed by atoms with Gasteiger partial charge in [0.2, 0.25) is 0 Å². The van der Waals surface area contributed by atoms with Crippen LogP contribution in [0.15, 0.2) is 0 Å². The van der Waals surface area contributed by atoms with Gasteiger partial charge in [0.25, 0.3) is 0 Å². The summed E-state index contributed by atoms with van der Waals surface area (Å²) in [7, 11) is 0. The molecule has 0 N–H and O–H groups in total. The van der Waals surface area contributed by atoms with Crippen LogP contribution in [0.4, 0.5) is 0 Å². The van der Waals surface area contributed by atoms with E-state index in [1.807, 2.05) is 0 Å². The average molecular weight is 252 g/mol. The third-order valence-corrected chi connectivity index (χ3v) is 4.70. The lowest BCUT2D eigenvalue weighted by Gasteiger charge is -2.36. The molecule has 3 atom stereocenters. The Morgan fingerprint density at radius 2 is 1.94 bits per heavy atom. The van der Waals surface area contributed by atoms with Crippen molar-refractivity contribution in [2.24, 2.45) is 23.7 Å². The molecule has 2 saturated carbocycles. The molecule has 0 aromatic carbocycles. The van der Waals surface area contributed by atoms with E-state index >= 15 is 0 Å². The summed E-state index contributed by atoms with van der Waals surface area (Å²) < 4.78 is 5.77. The molecule has 0 saturated heterocycles. The first-order chi connectivity index (χ1) is 8.56. The number of carbonyl (C=O) groups is 1. The molecule has 2 rings (SSSR count). The summed E-state index contributed by atoms with van der Waals surface area (Å²) in [5.74, 6) is 2.78. The highest BCUT2D eigenvalue weighted by Crippen LogP contribution is 2.36. The predicted molar refractivity (Wildman–Crippen MR) is 73.2 cm³/mol. The first kappa shape index (κ1) is 13.9. The van der Waals surface area contributed by atoms with Crippen LogP contribution in [0.25, 0.3) is 0 Å². The lowest BCUT2D eigenvalue weighted by atomic mass is 9.75. The quantitative estimate of drug-likeness (QED) is 0.686. The van der Waals surface area contributed by atoms with Gasteiger partial charge in [0, 0.05) is 6.42 Å². The van der Waals surface area contributed by atoms with E-state index in [0.717, 1.165) is 18.8 Å². The highest BCUT2D eigenvalue weighted by molar-refractivity contribution is 5.69. The van der Waals surface area contributed by atoms with Crippen LogP contribution < -0.4 is 0 Å². The molecular weight excluding hydrogens is 224 g/mol. The normalized spacial score (nSPS) is 32.6. The molecule has 18 heavy (non-hydrogen) atoms. The number of ether oxygens (including phenoxy) is 1. The molecule has 0 spiro atoms. The van der Waals surface area contributed by atoms with Crippen LogP contribution in [0.5, 0.6) is 0 Å². The first-order valence-electron chi connectivity index (χ1n) is 7.75. The molecule has 0 radical (unpaired) electrons. The van der Waals surface area contributed by atoms with Gasteiger partial charge in [-0.15, -0.1) is 0 Å². The highest BCUT2D eigenvalue weighted by atomic mass is 16.5. The Labute approximate surface area is 111 Å². The lowest BCUT2D eigenvalue weighted by Crippen LogP contribution is -2.35. The predicted octanol–water partition coefficient (Wildman–Crippen LogP) is 4.18. The van der Waals surface area contributed by atoms with Crippen LogP contribution in [0.3, 0.4) is 0 Å². The van der Waals surface area contributed by atoms with Gasteiger partial charge in [-0.05, 0) is 42.9 Å². The molecule has 2 aliphatic rings. The van der Waals surface area contributed by atoms with E-state index in [1.54, 1.807) is 0 Å². The van der Waals surface area contributed by atoms with Crippen LogP contribution in [0.1, 0.15) is 65.7 Å². The van der Waals surface area contributed by atoms with Gasteiger partial charge in [0.1, 0.15) is 6.10 Å². The number of esters is 1. The van der Waals surface area contributed by atoms with Crippen molar-refractivity contribution >= 4 is 5.97 Å². The van der Waals surface area contributed by atoms with Crippen molar-refractivity contribution in [3.05, 3.63) is 0 Å². The summed E-state index contributed by atoms with van der Waals surface area (Å²) in [5, 5.41) is 0. The largest absolute Gasteiger partial charge is 0.462 e. The monoisotopic (exact) mass is 252 g/mol. The Kier molecular flexibility index (Phi) is 4.69. The Balaban J connectivity index is 1.80. The average Bonchev–Trinajstić information content (AvgIpc) is 3.09. The van der Waals surface area contributed by atoms with Gasteiger partial charge in [0.15, 0.2) is 0 Å². The van der Waals surface area contributed by atoms with Gasteiger partial charge < -0.3 is 4.74 Å². The molecule has 104 valence electrons. The fourth-order valence-corrected chi connectivity index (χ4v) is 3.21. The van der Waals surface area contributed by atoms with Crippen LogP contribution in [0.2, 0.25) is 0 Å². The first-order valence-corrected chi connectivity index (χ1v) is 7.75. The number of carbonyl (C=O) groups excluding carboxylic acids is 1. The Morgan fingerprint density at radius 3 is 2.56 bits per heavy atom. The van der Waals surface area contributed by atoms with E-state index in [-0.39, 0.29) is 12.1 Å². The fourth-order valence-electron chi connectivity index (χ4n) is 3.21. The molecule has 0 bridgehead atoms. The van der Waals surface area contributed by atoms with Gasteiger partial charge in [-0.25, -0.2) is 0 Å². The van der Waals surface area contributed by atoms with Gasteiger partial charge in [-0.2, -0.15) is 0 Å². The van der Waals surface area contributed by atoms with E-state index in [9.17, 15) is 4.79 Å². The van der Waals surface area contributed by atoms with Gasteiger partial charge in [0.05, 0.1) is 0 Å². The second-order valence-corrected chi connectivity index (χ2v) is 6.84. The van der Waals surface area contributed by atoms with Crippen molar-refractivity contribution in [3.63, 3.8) is 0 Å². The maximum atomic E-state index is 11.9. The van der Waals surface area contributed by atoms with E-state index in [0.29, 0.717) is 24.2 Å². The summed E-state index contributed by atoms with van der Waals surface area (Å²) in [6, 6.07) is 0. The summed E-state index contributed by atoms with van der Waals surface area (Å²) in [4.78, 5) is 11.9. The molecule has 2 heteroatoms. The number of hydrogen-bond acceptors (Lipinski definition) is 2. The Morgan fingerprint density at radius 1 is 1.22 bits per heavy atom. The van der Waals surface area contributed by atoms with E-state index in [1.165, 1.54) is 25.7 Å². The summed E-state index contributed by atoms with van der Waals surface area (Å²) >= 11 is 0. The Hall–Kier alpha value is -0.530. The summed E-state index contributed by atoms with van der Waals surface area (Å²) in [5.41, 5.74) is 0. The topological polar surface area (TPSA) is 26.3 Å². The maximum absolute atomic E-state index is 11.9. The third kappa shape index (κ3) is 4.00. The van der Waals surface area contributed by atoms with Crippen molar-refractivity contribution in [3.8, 4) is 0 Å². The van der Waals surface area contributed by atoms with Gasteiger partial charge >= 0.3 is 5.97 Å². The maximum Gasteiger partial charge on any atom is 0.306 e. The standard InChI is InChI=1S/C16H28O2/c1-11(2)14-8-4-12(3)10-15(14)18-16(17)9-7-13-5-6-13/h11-15H,4-10H2,1-3H3/t12-,14+,15-/m1/s1. The third-order valence-electron chi connectivity index (χ3n) is 4.70. The second kappa shape index (κ2) is 6.08. The SMILES string of the molecule is CC(C)[C@@H]1CC[C@@H](C)C[C@H]1OC(=O)CCC1CC1. The fraction of sp³-hybridized carbons (Fsp3) is 0.938. The van der Waals surface area contributed by atoms with E-state index < -0.39 is 0 Å². The zero-order valence-corrected chi connectivity index (χ0v) is 12.2. The Bertz CT molecular complexity index is 281. The van der Waals surface area contributed by atoms with Crippen LogP contribution in [0, 0.1) is 23.7 Å². The van der Waals surface area contributed by atoms with Crippen molar-refractivity contribution < 1.29 is 9.53 Å². The van der Waals surface area contributed by atoms with Gasteiger partial charge in [-0.3, -0.25) is 4.79 Å². The van der Waals surface area contributed by atoms with Crippen molar-refractivity contribution in [1.29, 1.82) is 0 Å². The second-order valence-electron chi connectivity index (χ2n) is 6.84. The van der Waals surface area contributed by atoms with Crippen LogP contribution in [-0.4, -0.2) is 12.1 Å². The molecule has 0 aromatic rings. The van der Waals surface area contributed by atoms with E-state index in [4.69, 9.17) is 4.74 Å². The minimum absolute atomic E-state index is 0.0478. The molecule has 2 aliphatic carbocycles.